The van der Waals surface area contributed by atoms with Crippen molar-refractivity contribution in [1.82, 2.24) is 19.4 Å². The number of aromatic nitrogens is 3. The number of nitrogens with zero attached hydrogens (tertiary/aromatic N) is 4. The van der Waals surface area contributed by atoms with Crippen molar-refractivity contribution in [3.05, 3.63) is 48.3 Å². The maximum Gasteiger partial charge on any atom is 0.269 e. The molecule has 2 heterocycles. The Morgan fingerprint density at radius 3 is 2.71 bits per heavy atom. The largest absolute Gasteiger partial charge is 0.281 e. The highest BCUT2D eigenvalue weighted by atomic mass is 32.2. The van der Waals surface area contributed by atoms with Gasteiger partial charge in [-0.25, -0.2) is 22.4 Å². The molecule has 1 saturated carbocycles. The van der Waals surface area contributed by atoms with Crippen LogP contribution in [0.5, 0.6) is 0 Å². The number of hydrogen-bond donors (Lipinski definition) is 2. The number of hydrogen-bond acceptors (Lipinski definition) is 7. The van der Waals surface area contributed by atoms with Gasteiger partial charge in [0, 0.05) is 18.5 Å². The van der Waals surface area contributed by atoms with Gasteiger partial charge in [-0.2, -0.15) is 5.26 Å². The third-order valence-corrected chi connectivity index (χ3v) is 8.25. The van der Waals surface area contributed by atoms with Gasteiger partial charge in [0.05, 0.1) is 17.2 Å². The molecular weight excluding hydrogens is 452 g/mol. The molecule has 0 aliphatic heterocycles. The Bertz CT molecular complexity index is 1330. The number of carbonyl (C=O) groups excluding carboxylic acids is 1. The molecule has 10 heteroatoms. The average Bonchev–Trinajstić information content (AvgIpc) is 3.45. The van der Waals surface area contributed by atoms with E-state index in [1.165, 1.54) is 12.4 Å². The molecule has 0 unspecified atom stereocenters. The molecule has 9 nitrogen and oxygen atoms in total. The SMILES string of the molecule is CC[C@@H]1C[C@H](CCC#N)C[C@@H]1C(=O)NNc1cnc2c(ccn2S(=O)(=O)c2ccc(C)cc2)n1. The minimum atomic E-state index is -3.81. The number of anilines is 1. The number of amides is 1. The van der Waals surface area contributed by atoms with E-state index in [1.54, 1.807) is 30.3 Å². The molecule has 178 valence electrons. The van der Waals surface area contributed by atoms with Crippen molar-refractivity contribution >= 4 is 32.9 Å². The number of fused-ring (bicyclic) bond motifs is 1. The number of nitriles is 1. The number of aryl methyl sites for hydroxylation is 1. The van der Waals surface area contributed by atoms with Gasteiger partial charge in [0.1, 0.15) is 5.52 Å². The monoisotopic (exact) mass is 480 g/mol. The van der Waals surface area contributed by atoms with Gasteiger partial charge < -0.3 is 0 Å². The Labute approximate surface area is 199 Å². The third kappa shape index (κ3) is 4.75. The lowest BCUT2D eigenvalue weighted by atomic mass is 9.93. The van der Waals surface area contributed by atoms with Gasteiger partial charge >= 0.3 is 0 Å². The Morgan fingerprint density at radius 1 is 1.24 bits per heavy atom. The van der Waals surface area contributed by atoms with Crippen LogP contribution in [-0.4, -0.2) is 28.3 Å². The molecule has 0 bridgehead atoms. The van der Waals surface area contributed by atoms with Crippen molar-refractivity contribution in [2.24, 2.45) is 17.8 Å². The fourth-order valence-corrected chi connectivity index (χ4v) is 6.00. The van der Waals surface area contributed by atoms with Crippen molar-refractivity contribution < 1.29 is 13.2 Å². The molecule has 34 heavy (non-hydrogen) atoms. The van der Waals surface area contributed by atoms with Gasteiger partial charge in [-0.05, 0) is 56.2 Å². The second-order valence-electron chi connectivity index (χ2n) is 8.82. The van der Waals surface area contributed by atoms with E-state index in [4.69, 9.17) is 5.26 Å². The molecule has 2 N–H and O–H groups in total. The first kappa shape index (κ1) is 23.7. The van der Waals surface area contributed by atoms with E-state index in [2.05, 4.69) is 33.8 Å². The summed E-state index contributed by atoms with van der Waals surface area (Å²) in [5.41, 5.74) is 7.11. The molecule has 1 aromatic carbocycles. The van der Waals surface area contributed by atoms with Crippen molar-refractivity contribution in [3.8, 4) is 6.07 Å². The molecule has 3 aromatic rings. The zero-order valence-electron chi connectivity index (χ0n) is 19.2. The highest BCUT2D eigenvalue weighted by Gasteiger charge is 2.37. The lowest BCUT2D eigenvalue weighted by molar-refractivity contribution is -0.125. The molecule has 1 fully saturated rings. The minimum Gasteiger partial charge on any atom is -0.281 e. The van der Waals surface area contributed by atoms with Gasteiger partial charge in [0.25, 0.3) is 10.0 Å². The van der Waals surface area contributed by atoms with E-state index in [-0.39, 0.29) is 22.4 Å². The van der Waals surface area contributed by atoms with Crippen LogP contribution in [0.15, 0.2) is 47.6 Å². The quantitative estimate of drug-likeness (QED) is 0.469. The molecule has 1 aliphatic carbocycles. The van der Waals surface area contributed by atoms with Gasteiger partial charge in [-0.1, -0.05) is 31.0 Å². The lowest BCUT2D eigenvalue weighted by Gasteiger charge is -2.17. The summed E-state index contributed by atoms with van der Waals surface area (Å²) in [5.74, 6) is 0.788. The summed E-state index contributed by atoms with van der Waals surface area (Å²) in [5, 5.41) is 8.84. The van der Waals surface area contributed by atoms with Crippen LogP contribution in [0, 0.1) is 36.0 Å². The predicted octanol–water partition coefficient (Wildman–Crippen LogP) is 3.78. The third-order valence-electron chi connectivity index (χ3n) is 6.57. The van der Waals surface area contributed by atoms with Crippen LogP contribution < -0.4 is 10.9 Å². The van der Waals surface area contributed by atoms with Crippen LogP contribution in [0.3, 0.4) is 0 Å². The second kappa shape index (κ2) is 9.81. The molecule has 0 radical (unpaired) electrons. The number of rotatable bonds is 8. The first-order valence-electron chi connectivity index (χ1n) is 11.4. The van der Waals surface area contributed by atoms with Crippen molar-refractivity contribution in [2.45, 2.75) is 50.8 Å². The summed E-state index contributed by atoms with van der Waals surface area (Å²) in [6.07, 6.45) is 6.82. The van der Waals surface area contributed by atoms with E-state index in [9.17, 15) is 13.2 Å². The minimum absolute atomic E-state index is 0.104. The van der Waals surface area contributed by atoms with Gasteiger partial charge in [0.2, 0.25) is 5.91 Å². The normalized spacial score (nSPS) is 20.2. The van der Waals surface area contributed by atoms with Gasteiger partial charge in [0.15, 0.2) is 11.5 Å². The summed E-state index contributed by atoms with van der Waals surface area (Å²) < 4.78 is 27.2. The number of carbonyl (C=O) groups is 1. The second-order valence-corrected chi connectivity index (χ2v) is 10.6. The Hall–Kier alpha value is -3.45. The zero-order chi connectivity index (χ0) is 24.3. The maximum absolute atomic E-state index is 13.0. The fraction of sp³-hybridized carbons (Fsp3) is 0.417. The Morgan fingerprint density at radius 2 is 2.00 bits per heavy atom. The van der Waals surface area contributed by atoms with Crippen molar-refractivity contribution in [2.75, 3.05) is 5.43 Å². The predicted molar refractivity (Wildman–Crippen MR) is 128 cm³/mol. The summed E-state index contributed by atoms with van der Waals surface area (Å²) in [6.45, 7) is 3.97. The highest BCUT2D eigenvalue weighted by Crippen LogP contribution is 2.40. The zero-order valence-corrected chi connectivity index (χ0v) is 20.0. The lowest BCUT2D eigenvalue weighted by Crippen LogP contribution is -2.36. The standard InChI is InChI=1S/C24H28N6O3S/c1-3-18-13-17(5-4-11-25)14-20(18)24(31)29-28-22-15-26-23-21(27-22)10-12-30(23)34(32,33)19-8-6-16(2)7-9-19/h6-10,12,15,17-18,20H,3-5,13-14H2,1-2H3,(H,27,28)(H,29,31)/t17-,18+,20-/m0/s1. The first-order chi connectivity index (χ1) is 16.3. The van der Waals surface area contributed by atoms with E-state index in [0.29, 0.717) is 29.6 Å². The fourth-order valence-electron chi connectivity index (χ4n) is 4.70. The Kier molecular flexibility index (Phi) is 6.84. The molecule has 1 amide bonds. The van der Waals surface area contributed by atoms with Crippen LogP contribution in [0.2, 0.25) is 0 Å². The molecule has 1 aliphatic rings. The first-order valence-corrected chi connectivity index (χ1v) is 12.9. The highest BCUT2D eigenvalue weighted by molar-refractivity contribution is 7.90. The number of hydrazine groups is 1. The number of nitrogens with one attached hydrogen (secondary N) is 2. The van der Waals surface area contributed by atoms with Crippen molar-refractivity contribution in [3.63, 3.8) is 0 Å². The summed E-state index contributed by atoms with van der Waals surface area (Å²) in [7, 11) is -3.81. The summed E-state index contributed by atoms with van der Waals surface area (Å²) in [6, 6.07) is 10.4. The molecule has 0 spiro atoms. The van der Waals surface area contributed by atoms with Crippen LogP contribution in [0.4, 0.5) is 5.82 Å². The van der Waals surface area contributed by atoms with Crippen LogP contribution in [-0.2, 0) is 14.8 Å². The van der Waals surface area contributed by atoms with Gasteiger partial charge in [-0.3, -0.25) is 15.6 Å². The summed E-state index contributed by atoms with van der Waals surface area (Å²) >= 11 is 0. The van der Waals surface area contributed by atoms with Crippen molar-refractivity contribution in [1.29, 1.82) is 5.26 Å². The molecule has 2 aromatic heterocycles. The summed E-state index contributed by atoms with van der Waals surface area (Å²) in [4.78, 5) is 21.7. The van der Waals surface area contributed by atoms with Crippen LogP contribution >= 0.6 is 0 Å². The Balaban J connectivity index is 1.46. The molecule has 0 saturated heterocycles. The van der Waals surface area contributed by atoms with E-state index < -0.39 is 10.0 Å². The van der Waals surface area contributed by atoms with Crippen LogP contribution in [0.25, 0.3) is 11.2 Å². The smallest absolute Gasteiger partial charge is 0.269 e. The number of benzene rings is 1. The average molecular weight is 481 g/mol. The molecule has 3 atom stereocenters. The van der Waals surface area contributed by atoms with E-state index in [1.807, 2.05) is 6.92 Å². The van der Waals surface area contributed by atoms with E-state index >= 15 is 0 Å². The van der Waals surface area contributed by atoms with Gasteiger partial charge in [-0.15, -0.1) is 0 Å². The molecular formula is C24H28N6O3S. The van der Waals surface area contributed by atoms with Crippen LogP contribution in [0.1, 0.15) is 44.6 Å². The van der Waals surface area contributed by atoms with E-state index in [0.717, 1.165) is 35.2 Å². The maximum atomic E-state index is 13.0. The topological polar surface area (TPSA) is 130 Å². The molecule has 4 rings (SSSR count).